The molecule has 4 heteroatoms. The molecule has 0 saturated heterocycles. The van der Waals surface area contributed by atoms with Crippen LogP contribution >= 0.6 is 0 Å². The van der Waals surface area contributed by atoms with Crippen LogP contribution in [0.15, 0.2) is 35.3 Å². The summed E-state index contributed by atoms with van der Waals surface area (Å²) in [6.07, 6.45) is 1.49. The molecule has 1 heterocycles. The zero-order valence-electron chi connectivity index (χ0n) is 8.12. The van der Waals surface area contributed by atoms with Gasteiger partial charge in [-0.2, -0.15) is 0 Å². The van der Waals surface area contributed by atoms with E-state index in [0.29, 0.717) is 17.0 Å². The summed E-state index contributed by atoms with van der Waals surface area (Å²) in [4.78, 5) is 18.1. The summed E-state index contributed by atoms with van der Waals surface area (Å²) < 4.78 is 12.7. The fourth-order valence-electron chi connectivity index (χ4n) is 1.32. The summed E-state index contributed by atoms with van der Waals surface area (Å²) in [6, 6.07) is 5.73. The van der Waals surface area contributed by atoms with Crippen LogP contribution in [-0.2, 0) is 0 Å². The normalized spacial score (nSPS) is 10.3. The Balaban J connectivity index is 2.55. The molecule has 0 fully saturated rings. The third-order valence-electron chi connectivity index (χ3n) is 2.08. The van der Waals surface area contributed by atoms with Crippen molar-refractivity contribution in [1.82, 2.24) is 9.97 Å². The lowest BCUT2D eigenvalue weighted by atomic mass is 10.1. The quantitative estimate of drug-likeness (QED) is 0.770. The molecule has 0 bridgehead atoms. The van der Waals surface area contributed by atoms with Gasteiger partial charge in [-0.05, 0) is 24.6 Å². The summed E-state index contributed by atoms with van der Waals surface area (Å²) >= 11 is 0. The molecule has 15 heavy (non-hydrogen) atoms. The maximum atomic E-state index is 12.7. The Hall–Kier alpha value is -1.97. The number of hydrogen-bond donors (Lipinski definition) is 1. The highest BCUT2D eigenvalue weighted by Gasteiger charge is 2.03. The van der Waals surface area contributed by atoms with Crippen molar-refractivity contribution in [1.29, 1.82) is 0 Å². The molecule has 3 nitrogen and oxygen atoms in total. The van der Waals surface area contributed by atoms with E-state index in [2.05, 4.69) is 9.97 Å². The van der Waals surface area contributed by atoms with Crippen LogP contribution in [0.1, 0.15) is 5.82 Å². The second-order valence-corrected chi connectivity index (χ2v) is 3.22. The number of rotatable bonds is 1. The molecule has 0 saturated carbocycles. The molecular formula is C11H9FN2O. The Labute approximate surface area is 85.6 Å². The second-order valence-electron chi connectivity index (χ2n) is 3.22. The van der Waals surface area contributed by atoms with E-state index in [-0.39, 0.29) is 11.4 Å². The standard InChI is InChI=1S/C11H9FN2O/c1-7-13-6-10(11(15)14-7)8-2-4-9(12)5-3-8/h2-6H,1H3,(H,13,14,15). The lowest BCUT2D eigenvalue weighted by molar-refractivity contribution is 0.628. The van der Waals surface area contributed by atoms with Crippen LogP contribution < -0.4 is 5.56 Å². The van der Waals surface area contributed by atoms with Crippen molar-refractivity contribution in [2.45, 2.75) is 6.92 Å². The fraction of sp³-hybridized carbons (Fsp3) is 0.0909. The van der Waals surface area contributed by atoms with E-state index in [1.54, 1.807) is 19.1 Å². The Bertz CT molecular complexity index is 531. The van der Waals surface area contributed by atoms with E-state index in [9.17, 15) is 9.18 Å². The van der Waals surface area contributed by atoms with Gasteiger partial charge in [-0.3, -0.25) is 4.79 Å². The average molecular weight is 204 g/mol. The molecule has 1 N–H and O–H groups in total. The lowest BCUT2D eigenvalue weighted by Gasteiger charge is -2.00. The highest BCUT2D eigenvalue weighted by molar-refractivity contribution is 5.60. The molecule has 76 valence electrons. The highest BCUT2D eigenvalue weighted by Crippen LogP contribution is 2.14. The van der Waals surface area contributed by atoms with Crippen LogP contribution in [0.2, 0.25) is 0 Å². The van der Waals surface area contributed by atoms with Gasteiger partial charge in [0.1, 0.15) is 11.6 Å². The molecule has 2 aromatic rings. The molecule has 1 aromatic carbocycles. The summed E-state index contributed by atoms with van der Waals surface area (Å²) in [5.41, 5.74) is 0.889. The number of aromatic amines is 1. The van der Waals surface area contributed by atoms with Crippen LogP contribution in [0.4, 0.5) is 4.39 Å². The monoisotopic (exact) mass is 204 g/mol. The van der Waals surface area contributed by atoms with E-state index >= 15 is 0 Å². The number of benzene rings is 1. The topological polar surface area (TPSA) is 45.8 Å². The summed E-state index contributed by atoms with van der Waals surface area (Å²) in [7, 11) is 0. The van der Waals surface area contributed by atoms with Crippen LogP contribution in [0.25, 0.3) is 11.1 Å². The Morgan fingerprint density at radius 3 is 2.53 bits per heavy atom. The van der Waals surface area contributed by atoms with Crippen molar-refractivity contribution < 1.29 is 4.39 Å². The zero-order chi connectivity index (χ0) is 10.8. The lowest BCUT2D eigenvalue weighted by Crippen LogP contribution is -2.11. The number of nitrogens with zero attached hydrogens (tertiary/aromatic N) is 1. The molecular weight excluding hydrogens is 195 g/mol. The van der Waals surface area contributed by atoms with Crippen molar-refractivity contribution in [2.75, 3.05) is 0 Å². The SMILES string of the molecule is Cc1ncc(-c2ccc(F)cc2)c(=O)[nH]1. The molecule has 0 aliphatic heterocycles. The molecule has 0 radical (unpaired) electrons. The van der Waals surface area contributed by atoms with Crippen molar-refractivity contribution in [2.24, 2.45) is 0 Å². The minimum atomic E-state index is -0.324. The Kier molecular flexibility index (Phi) is 2.33. The Morgan fingerprint density at radius 2 is 1.93 bits per heavy atom. The van der Waals surface area contributed by atoms with Gasteiger partial charge >= 0.3 is 0 Å². The first-order chi connectivity index (χ1) is 7.16. The number of halogens is 1. The summed E-state index contributed by atoms with van der Waals surface area (Å²) in [5, 5.41) is 0. The van der Waals surface area contributed by atoms with Gasteiger partial charge in [0.2, 0.25) is 0 Å². The maximum Gasteiger partial charge on any atom is 0.258 e. The number of nitrogens with one attached hydrogen (secondary N) is 1. The number of hydrogen-bond acceptors (Lipinski definition) is 2. The maximum absolute atomic E-state index is 12.7. The molecule has 0 unspecified atom stereocenters. The zero-order valence-corrected chi connectivity index (χ0v) is 8.12. The molecule has 0 aliphatic rings. The van der Waals surface area contributed by atoms with Gasteiger partial charge in [0.25, 0.3) is 5.56 Å². The molecule has 0 aliphatic carbocycles. The van der Waals surface area contributed by atoms with E-state index < -0.39 is 0 Å². The van der Waals surface area contributed by atoms with Crippen molar-refractivity contribution >= 4 is 0 Å². The van der Waals surface area contributed by atoms with Gasteiger partial charge < -0.3 is 4.98 Å². The van der Waals surface area contributed by atoms with Crippen LogP contribution in [-0.4, -0.2) is 9.97 Å². The molecule has 0 atom stereocenters. The summed E-state index contributed by atoms with van der Waals surface area (Å²) in [5.74, 6) is 0.237. The first kappa shape index (κ1) is 9.58. The van der Waals surface area contributed by atoms with Gasteiger partial charge in [0.05, 0.1) is 5.56 Å². The average Bonchev–Trinajstić information content (AvgIpc) is 2.20. The number of aromatic nitrogens is 2. The second kappa shape index (κ2) is 3.65. The fourth-order valence-corrected chi connectivity index (χ4v) is 1.32. The molecule has 1 aromatic heterocycles. The number of H-pyrrole nitrogens is 1. The van der Waals surface area contributed by atoms with E-state index in [1.807, 2.05) is 0 Å². The van der Waals surface area contributed by atoms with Crippen LogP contribution in [0, 0.1) is 12.7 Å². The number of aryl methyl sites for hydroxylation is 1. The largest absolute Gasteiger partial charge is 0.310 e. The molecule has 2 rings (SSSR count). The first-order valence-electron chi connectivity index (χ1n) is 4.48. The van der Waals surface area contributed by atoms with Gasteiger partial charge in [-0.25, -0.2) is 9.37 Å². The van der Waals surface area contributed by atoms with Crippen molar-refractivity contribution in [3.8, 4) is 11.1 Å². The first-order valence-corrected chi connectivity index (χ1v) is 4.48. The molecule has 0 amide bonds. The van der Waals surface area contributed by atoms with Crippen molar-refractivity contribution in [3.05, 3.63) is 52.5 Å². The van der Waals surface area contributed by atoms with Gasteiger partial charge in [-0.15, -0.1) is 0 Å². The van der Waals surface area contributed by atoms with Crippen molar-refractivity contribution in [3.63, 3.8) is 0 Å². The third kappa shape index (κ3) is 1.93. The third-order valence-corrected chi connectivity index (χ3v) is 2.08. The van der Waals surface area contributed by atoms with E-state index in [1.165, 1.54) is 18.3 Å². The van der Waals surface area contributed by atoms with Gasteiger partial charge in [0, 0.05) is 6.20 Å². The minimum Gasteiger partial charge on any atom is -0.310 e. The van der Waals surface area contributed by atoms with E-state index in [4.69, 9.17) is 0 Å². The smallest absolute Gasteiger partial charge is 0.258 e. The predicted molar refractivity (Wildman–Crippen MR) is 55.0 cm³/mol. The van der Waals surface area contributed by atoms with E-state index in [0.717, 1.165) is 0 Å². The Morgan fingerprint density at radius 1 is 1.27 bits per heavy atom. The highest BCUT2D eigenvalue weighted by atomic mass is 19.1. The minimum absolute atomic E-state index is 0.214. The van der Waals surface area contributed by atoms with Crippen LogP contribution in [0.5, 0.6) is 0 Å². The summed E-state index contributed by atoms with van der Waals surface area (Å²) in [6.45, 7) is 1.70. The van der Waals surface area contributed by atoms with Gasteiger partial charge in [0.15, 0.2) is 0 Å². The molecule has 0 spiro atoms. The van der Waals surface area contributed by atoms with Crippen LogP contribution in [0.3, 0.4) is 0 Å². The predicted octanol–water partition coefficient (Wildman–Crippen LogP) is 1.88. The van der Waals surface area contributed by atoms with Gasteiger partial charge in [-0.1, -0.05) is 12.1 Å².